The first-order valence-corrected chi connectivity index (χ1v) is 11.2. The van der Waals surface area contributed by atoms with Crippen LogP contribution in [0.2, 0.25) is 0 Å². The van der Waals surface area contributed by atoms with Crippen LogP contribution in [0.5, 0.6) is 17.2 Å². The zero-order valence-corrected chi connectivity index (χ0v) is 19.8. The number of ether oxygens (including phenoxy) is 1. The van der Waals surface area contributed by atoms with E-state index in [4.69, 9.17) is 9.15 Å². The molecule has 4 rings (SSSR count). The molecule has 5 heteroatoms. The number of allylic oxidation sites excluding steroid dienone is 4. The van der Waals surface area contributed by atoms with E-state index in [0.717, 1.165) is 18.4 Å². The highest BCUT2D eigenvalue weighted by Gasteiger charge is 2.30. The van der Waals surface area contributed by atoms with E-state index in [1.807, 2.05) is 19.9 Å². The van der Waals surface area contributed by atoms with Crippen molar-refractivity contribution in [1.29, 1.82) is 0 Å². The molecule has 2 aromatic carbocycles. The third-order valence-electron chi connectivity index (χ3n) is 5.92. The lowest BCUT2D eigenvalue weighted by molar-refractivity contribution is 0.157. The van der Waals surface area contributed by atoms with Crippen LogP contribution in [-0.4, -0.2) is 15.8 Å². The topological polar surface area (TPSA) is 79.9 Å². The lowest BCUT2D eigenvalue weighted by atomic mass is 9.94. The Hall–Kier alpha value is -3.47. The highest BCUT2D eigenvalue weighted by atomic mass is 16.5. The van der Waals surface area contributed by atoms with Crippen molar-refractivity contribution in [3.63, 3.8) is 0 Å². The first-order valence-electron chi connectivity index (χ1n) is 11.2. The number of hydrogen-bond donors (Lipinski definition) is 2. The molecule has 1 aliphatic heterocycles. The van der Waals surface area contributed by atoms with E-state index in [0.29, 0.717) is 28.9 Å². The molecule has 0 radical (unpaired) electrons. The maximum atomic E-state index is 13.4. The average molecular weight is 447 g/mol. The van der Waals surface area contributed by atoms with Crippen LogP contribution in [0, 0.1) is 0 Å². The second-order valence-corrected chi connectivity index (χ2v) is 9.50. The van der Waals surface area contributed by atoms with Gasteiger partial charge in [-0.25, -0.2) is 0 Å². The summed E-state index contributed by atoms with van der Waals surface area (Å²) < 4.78 is 12.4. The fourth-order valence-corrected chi connectivity index (χ4v) is 4.12. The lowest BCUT2D eigenvalue weighted by Gasteiger charge is -2.30. The molecule has 2 N–H and O–H groups in total. The summed E-state index contributed by atoms with van der Waals surface area (Å²) in [5, 5.41) is 21.3. The molecule has 0 saturated heterocycles. The molecule has 0 unspecified atom stereocenters. The number of phenolic OH excluding ortho intramolecular Hbond substituents is 2. The fourth-order valence-electron chi connectivity index (χ4n) is 4.12. The van der Waals surface area contributed by atoms with Gasteiger partial charge in [-0.05, 0) is 84.2 Å². The average Bonchev–Trinajstić information content (AvgIpc) is 2.73. The van der Waals surface area contributed by atoms with Gasteiger partial charge in [0.25, 0.3) is 0 Å². The molecule has 3 aromatic rings. The van der Waals surface area contributed by atoms with Gasteiger partial charge in [0.15, 0.2) is 0 Å². The summed E-state index contributed by atoms with van der Waals surface area (Å²) in [7, 11) is 0. The largest absolute Gasteiger partial charge is 0.508 e. The number of phenols is 2. The summed E-state index contributed by atoms with van der Waals surface area (Å²) in [5.41, 5.74) is 3.43. The number of fused-ring (bicyclic) bond motifs is 3. The number of hydrogen-bond acceptors (Lipinski definition) is 5. The van der Waals surface area contributed by atoms with Gasteiger partial charge in [0.05, 0.1) is 10.9 Å². The van der Waals surface area contributed by atoms with Gasteiger partial charge in [0, 0.05) is 5.56 Å². The summed E-state index contributed by atoms with van der Waals surface area (Å²) >= 11 is 0. The van der Waals surface area contributed by atoms with Crippen LogP contribution in [0.3, 0.4) is 0 Å². The van der Waals surface area contributed by atoms with Crippen LogP contribution in [0.25, 0.3) is 28.0 Å². The summed E-state index contributed by atoms with van der Waals surface area (Å²) in [5.74, 6) is 0.326. The molecule has 0 atom stereocenters. The quantitative estimate of drug-likeness (QED) is 0.334. The zero-order valence-electron chi connectivity index (χ0n) is 19.8. The van der Waals surface area contributed by atoms with E-state index in [-0.39, 0.29) is 27.7 Å². The Kier molecular flexibility index (Phi) is 5.83. The molecule has 0 spiro atoms. The molecule has 1 aliphatic rings. The van der Waals surface area contributed by atoms with Crippen molar-refractivity contribution in [2.75, 3.05) is 0 Å². The summed E-state index contributed by atoms with van der Waals surface area (Å²) in [6, 6.07) is 4.41. The van der Waals surface area contributed by atoms with Gasteiger partial charge in [0.2, 0.25) is 5.43 Å². The van der Waals surface area contributed by atoms with Gasteiger partial charge in [-0.2, -0.15) is 0 Å². The van der Waals surface area contributed by atoms with Crippen molar-refractivity contribution in [2.24, 2.45) is 0 Å². The number of aromatic hydroxyl groups is 2. The molecule has 2 heterocycles. The van der Waals surface area contributed by atoms with Crippen molar-refractivity contribution in [3.8, 4) is 17.2 Å². The third kappa shape index (κ3) is 4.40. The van der Waals surface area contributed by atoms with Gasteiger partial charge in [-0.1, -0.05) is 23.3 Å². The second-order valence-electron chi connectivity index (χ2n) is 9.50. The van der Waals surface area contributed by atoms with E-state index >= 15 is 0 Å². The molecule has 33 heavy (non-hydrogen) atoms. The molecule has 5 nitrogen and oxygen atoms in total. The highest BCUT2D eigenvalue weighted by Crippen LogP contribution is 2.45. The smallest absolute Gasteiger partial charge is 0.204 e. The van der Waals surface area contributed by atoms with Gasteiger partial charge < -0.3 is 19.4 Å². The van der Waals surface area contributed by atoms with Crippen molar-refractivity contribution in [1.82, 2.24) is 0 Å². The molecule has 0 amide bonds. The van der Waals surface area contributed by atoms with Crippen molar-refractivity contribution >= 4 is 28.0 Å². The van der Waals surface area contributed by atoms with Crippen molar-refractivity contribution in [2.45, 2.75) is 59.5 Å². The molecular weight excluding hydrogens is 416 g/mol. The molecule has 0 fully saturated rings. The zero-order chi connectivity index (χ0) is 23.9. The third-order valence-corrected chi connectivity index (χ3v) is 5.92. The van der Waals surface area contributed by atoms with E-state index < -0.39 is 5.60 Å². The van der Waals surface area contributed by atoms with Gasteiger partial charge in [-0.3, -0.25) is 4.79 Å². The van der Waals surface area contributed by atoms with E-state index in [1.54, 1.807) is 12.1 Å². The predicted octanol–water partition coefficient (Wildman–Crippen LogP) is 6.78. The van der Waals surface area contributed by atoms with Crippen LogP contribution < -0.4 is 10.2 Å². The number of benzene rings is 2. The maximum absolute atomic E-state index is 13.4. The summed E-state index contributed by atoms with van der Waals surface area (Å²) in [6.45, 7) is 10.2. The van der Waals surface area contributed by atoms with Crippen LogP contribution >= 0.6 is 0 Å². The Morgan fingerprint density at radius 3 is 2.61 bits per heavy atom. The molecule has 0 saturated carbocycles. The standard InChI is InChI=1S/C28H30O5/c1-16(2)7-6-8-17(3)9-11-20-26-19(13-14-28(4,5)33-26)24(30)23-25(31)21-15-18(29)10-12-22(21)32-27(20)23/h7,9-10,12-15,29-30H,6,8,11H2,1-5H3. The molecule has 0 bridgehead atoms. The van der Waals surface area contributed by atoms with Gasteiger partial charge in [-0.15, -0.1) is 0 Å². The Morgan fingerprint density at radius 1 is 1.12 bits per heavy atom. The minimum absolute atomic E-state index is 0.0354. The van der Waals surface area contributed by atoms with Crippen LogP contribution in [0.1, 0.15) is 58.6 Å². The Morgan fingerprint density at radius 2 is 1.88 bits per heavy atom. The minimum atomic E-state index is -0.562. The predicted molar refractivity (Wildman–Crippen MR) is 133 cm³/mol. The Labute approximate surface area is 193 Å². The van der Waals surface area contributed by atoms with Crippen LogP contribution in [0.4, 0.5) is 0 Å². The second kappa shape index (κ2) is 8.47. The van der Waals surface area contributed by atoms with Crippen LogP contribution in [-0.2, 0) is 6.42 Å². The Balaban J connectivity index is 1.95. The molecule has 0 aliphatic carbocycles. The van der Waals surface area contributed by atoms with Crippen molar-refractivity contribution < 1.29 is 19.4 Å². The monoisotopic (exact) mass is 446 g/mol. The SMILES string of the molecule is CC(C)=CCCC(C)=CCc1c2c(c(O)c3c(=O)c4cc(O)ccc4oc13)C=CC(C)(C)O2. The van der Waals surface area contributed by atoms with Crippen LogP contribution in [0.15, 0.2) is 56.8 Å². The molecule has 172 valence electrons. The first-order chi connectivity index (χ1) is 15.6. The minimum Gasteiger partial charge on any atom is -0.508 e. The molecular formula is C28H30O5. The summed E-state index contributed by atoms with van der Waals surface area (Å²) in [4.78, 5) is 13.4. The van der Waals surface area contributed by atoms with Crippen molar-refractivity contribution in [3.05, 3.63) is 68.9 Å². The Bertz CT molecular complexity index is 1400. The first kappa shape index (κ1) is 22.7. The van der Waals surface area contributed by atoms with E-state index in [9.17, 15) is 15.0 Å². The van der Waals surface area contributed by atoms with Gasteiger partial charge >= 0.3 is 0 Å². The fraction of sp³-hybridized carbons (Fsp3) is 0.321. The lowest BCUT2D eigenvalue weighted by Crippen LogP contribution is -2.28. The van der Waals surface area contributed by atoms with Gasteiger partial charge in [0.1, 0.15) is 39.4 Å². The number of rotatable bonds is 5. The summed E-state index contributed by atoms with van der Waals surface area (Å²) in [6.07, 6.45) is 10.4. The normalized spacial score (nSPS) is 14.9. The van der Waals surface area contributed by atoms with E-state index in [1.165, 1.54) is 23.3 Å². The van der Waals surface area contributed by atoms with E-state index in [2.05, 4.69) is 32.9 Å². The maximum Gasteiger partial charge on any atom is 0.204 e. The highest BCUT2D eigenvalue weighted by molar-refractivity contribution is 5.99. The molecule has 1 aromatic heterocycles.